The fourth-order valence-electron chi connectivity index (χ4n) is 8.08. The lowest BCUT2D eigenvalue weighted by Crippen LogP contribution is -2.10. The van der Waals surface area contributed by atoms with E-state index in [-0.39, 0.29) is 10.8 Å². The minimum Gasteiger partial charge on any atom is -0.309 e. The number of nitrogens with zero attached hydrogens (tertiary/aromatic N) is 2. The second kappa shape index (κ2) is 10.2. The quantitative estimate of drug-likeness (QED) is 0.182. The number of para-hydroxylation sites is 2. The Balaban J connectivity index is 1.18. The third-order valence-electron chi connectivity index (χ3n) is 10.7. The fraction of sp³-hybridized carbons (Fsp3) is 0.217. The third-order valence-corrected chi connectivity index (χ3v) is 10.7. The number of aromatic nitrogens is 2. The average molecular weight is 623 g/mol. The summed E-state index contributed by atoms with van der Waals surface area (Å²) in [5.41, 5.74) is 16.0. The van der Waals surface area contributed by atoms with E-state index in [9.17, 15) is 0 Å². The normalized spacial score (nSPS) is 13.5. The first kappa shape index (κ1) is 29.1. The van der Waals surface area contributed by atoms with Crippen LogP contribution in [-0.2, 0) is 23.7 Å². The highest BCUT2D eigenvalue weighted by atomic mass is 15.0. The monoisotopic (exact) mass is 622 g/mol. The van der Waals surface area contributed by atoms with Crippen molar-refractivity contribution in [2.45, 2.75) is 65.2 Å². The van der Waals surface area contributed by atoms with Crippen LogP contribution in [0.4, 0.5) is 0 Å². The van der Waals surface area contributed by atoms with E-state index in [0.29, 0.717) is 0 Å². The summed E-state index contributed by atoms with van der Waals surface area (Å²) < 4.78 is 4.92. The second-order valence-corrected chi connectivity index (χ2v) is 15.9. The van der Waals surface area contributed by atoms with Crippen LogP contribution in [0.3, 0.4) is 0 Å². The largest absolute Gasteiger partial charge is 0.309 e. The summed E-state index contributed by atoms with van der Waals surface area (Å²) >= 11 is 0. The third kappa shape index (κ3) is 4.39. The van der Waals surface area contributed by atoms with Crippen LogP contribution in [0.2, 0.25) is 0 Å². The van der Waals surface area contributed by atoms with Crippen molar-refractivity contribution in [3.05, 3.63) is 144 Å². The SMILES string of the molecule is CC(C)(C)c1ccc2c(c1)c1cc(C(C)(C)C)ccc1n2-c1ccc2c(c1)CCc1cc(-n3c4ccccc4c4ccccc43)ccc1-2. The molecule has 2 heteroatoms. The Morgan fingerprint density at radius 2 is 0.792 bits per heavy atom. The molecule has 0 atom stereocenters. The molecule has 0 radical (unpaired) electrons. The minimum atomic E-state index is 0.0882. The molecule has 236 valence electrons. The van der Waals surface area contributed by atoms with E-state index in [4.69, 9.17) is 0 Å². The van der Waals surface area contributed by atoms with Crippen LogP contribution in [0.15, 0.2) is 121 Å². The number of hydrogen-bond acceptors (Lipinski definition) is 0. The molecule has 9 rings (SSSR count). The standard InChI is InChI=1S/C46H42N2/c1-45(2,3)31-17-23-43-39(27-31)40-28-32(46(4,5)6)18-24-44(40)48(43)34-20-22-36-30(26-34)16-15-29-25-33(19-21-35(29)36)47-41-13-9-7-11-37(41)38-12-8-10-14-42(38)47/h7-14,17-28H,15-16H2,1-6H3. The summed E-state index contributed by atoms with van der Waals surface area (Å²) in [5.74, 6) is 0. The molecular weight excluding hydrogens is 581 g/mol. The smallest absolute Gasteiger partial charge is 0.0541 e. The molecule has 0 amide bonds. The molecule has 2 heterocycles. The van der Waals surface area contributed by atoms with Crippen molar-refractivity contribution in [2.24, 2.45) is 0 Å². The molecule has 0 aliphatic heterocycles. The zero-order valence-electron chi connectivity index (χ0n) is 28.9. The topological polar surface area (TPSA) is 9.86 Å². The summed E-state index contributed by atoms with van der Waals surface area (Å²) in [4.78, 5) is 0. The van der Waals surface area contributed by atoms with Gasteiger partial charge >= 0.3 is 0 Å². The number of aryl methyl sites for hydroxylation is 2. The van der Waals surface area contributed by atoms with Gasteiger partial charge in [0, 0.05) is 32.9 Å². The summed E-state index contributed by atoms with van der Waals surface area (Å²) in [7, 11) is 0. The second-order valence-electron chi connectivity index (χ2n) is 15.9. The van der Waals surface area contributed by atoms with Gasteiger partial charge in [-0.15, -0.1) is 0 Å². The van der Waals surface area contributed by atoms with Crippen molar-refractivity contribution in [2.75, 3.05) is 0 Å². The Hall–Kier alpha value is -5.08. The Kier molecular flexibility index (Phi) is 6.19. The van der Waals surface area contributed by atoms with Gasteiger partial charge in [-0.3, -0.25) is 0 Å². The Bertz CT molecular complexity index is 2450. The summed E-state index contributed by atoms with van der Waals surface area (Å²) in [6, 6.07) is 46.0. The fourth-order valence-corrected chi connectivity index (χ4v) is 8.08. The molecule has 2 aromatic heterocycles. The highest BCUT2D eigenvalue weighted by Crippen LogP contribution is 2.41. The van der Waals surface area contributed by atoms with Gasteiger partial charge in [0.05, 0.1) is 22.1 Å². The molecule has 48 heavy (non-hydrogen) atoms. The van der Waals surface area contributed by atoms with E-state index in [0.717, 1.165) is 12.8 Å². The molecule has 0 spiro atoms. The molecule has 1 aliphatic carbocycles. The first-order valence-corrected chi connectivity index (χ1v) is 17.4. The lowest BCUT2D eigenvalue weighted by molar-refractivity contribution is 0.590. The van der Waals surface area contributed by atoms with E-state index in [1.165, 1.54) is 88.4 Å². The number of fused-ring (bicyclic) bond motifs is 9. The van der Waals surface area contributed by atoms with Crippen molar-refractivity contribution >= 4 is 43.6 Å². The van der Waals surface area contributed by atoms with Crippen LogP contribution in [0.5, 0.6) is 0 Å². The van der Waals surface area contributed by atoms with E-state index in [1.807, 2.05) is 0 Å². The van der Waals surface area contributed by atoms with Crippen LogP contribution in [0.1, 0.15) is 63.8 Å². The Morgan fingerprint density at radius 1 is 0.396 bits per heavy atom. The van der Waals surface area contributed by atoms with Crippen LogP contribution in [0.25, 0.3) is 66.1 Å². The molecule has 0 fully saturated rings. The maximum atomic E-state index is 2.49. The summed E-state index contributed by atoms with van der Waals surface area (Å²) in [5, 5.41) is 5.28. The van der Waals surface area contributed by atoms with Crippen molar-refractivity contribution < 1.29 is 0 Å². The van der Waals surface area contributed by atoms with E-state index in [1.54, 1.807) is 0 Å². The van der Waals surface area contributed by atoms with Gasteiger partial charge in [-0.2, -0.15) is 0 Å². The van der Waals surface area contributed by atoms with Crippen molar-refractivity contribution in [1.82, 2.24) is 9.13 Å². The van der Waals surface area contributed by atoms with Crippen LogP contribution in [-0.4, -0.2) is 9.13 Å². The minimum absolute atomic E-state index is 0.0882. The van der Waals surface area contributed by atoms with E-state index < -0.39 is 0 Å². The number of rotatable bonds is 2. The Morgan fingerprint density at radius 3 is 1.21 bits per heavy atom. The number of benzene rings is 6. The molecule has 2 nitrogen and oxygen atoms in total. The van der Waals surface area contributed by atoms with Gasteiger partial charge in [0.1, 0.15) is 0 Å². The molecule has 0 N–H and O–H groups in total. The molecule has 0 saturated heterocycles. The van der Waals surface area contributed by atoms with Gasteiger partial charge in [0.15, 0.2) is 0 Å². The molecular formula is C46H42N2. The molecule has 0 saturated carbocycles. The van der Waals surface area contributed by atoms with Crippen molar-refractivity contribution in [3.8, 4) is 22.5 Å². The van der Waals surface area contributed by atoms with Crippen LogP contribution in [0, 0.1) is 0 Å². The van der Waals surface area contributed by atoms with Crippen LogP contribution >= 0.6 is 0 Å². The summed E-state index contributed by atoms with van der Waals surface area (Å²) in [6.45, 7) is 13.8. The zero-order valence-corrected chi connectivity index (χ0v) is 28.9. The van der Waals surface area contributed by atoms with Gasteiger partial charge in [0.25, 0.3) is 0 Å². The first-order valence-electron chi connectivity index (χ1n) is 17.4. The van der Waals surface area contributed by atoms with Gasteiger partial charge in [-0.1, -0.05) is 102 Å². The number of hydrogen-bond donors (Lipinski definition) is 0. The maximum Gasteiger partial charge on any atom is 0.0541 e. The van der Waals surface area contributed by atoms with Gasteiger partial charge in [-0.05, 0) is 118 Å². The van der Waals surface area contributed by atoms with Crippen molar-refractivity contribution in [3.63, 3.8) is 0 Å². The molecule has 0 bridgehead atoms. The lowest BCUT2D eigenvalue weighted by atomic mass is 9.85. The highest BCUT2D eigenvalue weighted by Gasteiger charge is 2.23. The maximum absolute atomic E-state index is 2.49. The van der Waals surface area contributed by atoms with E-state index in [2.05, 4.69) is 172 Å². The molecule has 0 unspecified atom stereocenters. The van der Waals surface area contributed by atoms with Gasteiger partial charge in [0.2, 0.25) is 0 Å². The lowest BCUT2D eigenvalue weighted by Gasteiger charge is -2.23. The first-order chi connectivity index (χ1) is 23.1. The predicted octanol–water partition coefficient (Wildman–Crippen LogP) is 12.2. The molecule has 6 aromatic carbocycles. The Labute approximate surface area is 283 Å². The van der Waals surface area contributed by atoms with E-state index >= 15 is 0 Å². The van der Waals surface area contributed by atoms with Gasteiger partial charge in [-0.25, -0.2) is 0 Å². The highest BCUT2D eigenvalue weighted by molar-refractivity contribution is 6.10. The van der Waals surface area contributed by atoms with Crippen molar-refractivity contribution in [1.29, 1.82) is 0 Å². The molecule has 1 aliphatic rings. The van der Waals surface area contributed by atoms with Gasteiger partial charge < -0.3 is 9.13 Å². The van der Waals surface area contributed by atoms with Crippen LogP contribution < -0.4 is 0 Å². The average Bonchev–Trinajstić information content (AvgIpc) is 3.59. The zero-order chi connectivity index (χ0) is 32.9. The predicted molar refractivity (Wildman–Crippen MR) is 205 cm³/mol. The molecule has 8 aromatic rings. The summed E-state index contributed by atoms with van der Waals surface area (Å²) in [6.07, 6.45) is 2.07.